The van der Waals surface area contributed by atoms with Gasteiger partial charge in [-0.05, 0) is 59.3 Å². The summed E-state index contributed by atoms with van der Waals surface area (Å²) in [6, 6.07) is 15.1. The van der Waals surface area contributed by atoms with E-state index in [1.54, 1.807) is 37.3 Å². The standard InChI is InChI=1S/C24H17F3N8O2/c1-13-20(23(37)35(32-13)17-10-8-16(9-11-17)24(25,26)27)29-28-19-7-3-6-18(21(19)36)14-4-2-5-15(12-14)22-30-33-34-31-22/h2-12,20,22,36H,1H3. The number of carbonyl (C=O) groups excluding carboxylic acids is 1. The van der Waals surface area contributed by atoms with Crippen molar-refractivity contribution >= 4 is 23.0 Å². The number of hydrazone groups is 1. The highest BCUT2D eigenvalue weighted by Crippen LogP contribution is 2.39. The number of hydrogen-bond acceptors (Lipinski definition) is 9. The van der Waals surface area contributed by atoms with Crippen LogP contribution in [0.15, 0.2) is 103 Å². The van der Waals surface area contributed by atoms with Gasteiger partial charge in [0, 0.05) is 11.1 Å². The molecule has 37 heavy (non-hydrogen) atoms. The van der Waals surface area contributed by atoms with E-state index in [-0.39, 0.29) is 17.1 Å². The molecule has 1 amide bonds. The Morgan fingerprint density at radius 1 is 0.973 bits per heavy atom. The van der Waals surface area contributed by atoms with Gasteiger partial charge < -0.3 is 5.11 Å². The van der Waals surface area contributed by atoms with Crippen molar-refractivity contribution in [3.05, 3.63) is 77.9 Å². The molecule has 0 aliphatic carbocycles. The summed E-state index contributed by atoms with van der Waals surface area (Å²) in [5.41, 5.74) is 1.64. The van der Waals surface area contributed by atoms with E-state index in [0.717, 1.165) is 34.8 Å². The molecule has 2 heterocycles. The van der Waals surface area contributed by atoms with Crippen LogP contribution in [0, 0.1) is 0 Å². The number of alkyl halides is 3. The predicted octanol–water partition coefficient (Wildman–Crippen LogP) is 6.78. The third kappa shape index (κ3) is 4.70. The molecule has 0 saturated carbocycles. The summed E-state index contributed by atoms with van der Waals surface area (Å²) in [5, 5.41) is 39.0. The van der Waals surface area contributed by atoms with Crippen LogP contribution < -0.4 is 5.01 Å². The number of carbonyl (C=O) groups is 1. The van der Waals surface area contributed by atoms with Crippen LogP contribution in [0.2, 0.25) is 0 Å². The number of anilines is 1. The molecular weight excluding hydrogens is 489 g/mol. The topological polar surface area (TPSA) is 127 Å². The molecule has 10 nitrogen and oxygen atoms in total. The van der Waals surface area contributed by atoms with Crippen molar-refractivity contribution in [2.75, 3.05) is 5.01 Å². The van der Waals surface area contributed by atoms with E-state index in [9.17, 15) is 23.1 Å². The molecular formula is C24H17F3N8O2. The Labute approximate surface area is 207 Å². The second-order valence-electron chi connectivity index (χ2n) is 8.14. The average Bonchev–Trinajstić information content (AvgIpc) is 3.52. The lowest BCUT2D eigenvalue weighted by Gasteiger charge is -2.14. The van der Waals surface area contributed by atoms with Crippen LogP contribution in [-0.4, -0.2) is 22.8 Å². The van der Waals surface area contributed by atoms with Gasteiger partial charge in [0.1, 0.15) is 5.69 Å². The Morgan fingerprint density at radius 3 is 2.38 bits per heavy atom. The highest BCUT2D eigenvalue weighted by Gasteiger charge is 2.36. The molecule has 0 radical (unpaired) electrons. The fourth-order valence-electron chi connectivity index (χ4n) is 3.80. The van der Waals surface area contributed by atoms with Gasteiger partial charge in [-0.25, -0.2) is 0 Å². The van der Waals surface area contributed by atoms with Gasteiger partial charge in [-0.3, -0.25) is 4.79 Å². The van der Waals surface area contributed by atoms with Gasteiger partial charge in [0.15, 0.2) is 11.8 Å². The van der Waals surface area contributed by atoms with Gasteiger partial charge >= 0.3 is 6.18 Å². The smallest absolute Gasteiger partial charge is 0.416 e. The number of phenols is 1. The molecule has 1 N–H and O–H groups in total. The van der Waals surface area contributed by atoms with E-state index in [2.05, 4.69) is 36.0 Å². The lowest BCUT2D eigenvalue weighted by atomic mass is 10.0. The van der Waals surface area contributed by atoms with Gasteiger partial charge in [-0.15, -0.1) is 10.2 Å². The minimum atomic E-state index is -4.49. The van der Waals surface area contributed by atoms with Gasteiger partial charge in [-0.1, -0.05) is 30.3 Å². The first-order valence-corrected chi connectivity index (χ1v) is 10.9. The fraction of sp³-hybridized carbons (Fsp3) is 0.167. The highest BCUT2D eigenvalue weighted by atomic mass is 19.4. The Hall–Kier alpha value is -4.81. The first-order valence-electron chi connectivity index (χ1n) is 10.9. The molecule has 1 atom stereocenters. The second kappa shape index (κ2) is 9.33. The minimum absolute atomic E-state index is 0.122. The number of halogens is 3. The van der Waals surface area contributed by atoms with E-state index in [1.807, 2.05) is 6.07 Å². The number of rotatable bonds is 5. The molecule has 5 rings (SSSR count). The molecule has 2 aliphatic heterocycles. The van der Waals surface area contributed by atoms with Crippen molar-refractivity contribution in [3.8, 4) is 16.9 Å². The van der Waals surface area contributed by atoms with E-state index < -0.39 is 29.9 Å². The molecule has 3 aromatic carbocycles. The Balaban J connectivity index is 1.37. The number of nitrogens with zero attached hydrogens (tertiary/aromatic N) is 8. The van der Waals surface area contributed by atoms with Crippen molar-refractivity contribution in [1.82, 2.24) is 0 Å². The van der Waals surface area contributed by atoms with Crippen LogP contribution in [0.3, 0.4) is 0 Å². The zero-order valence-corrected chi connectivity index (χ0v) is 19.1. The number of para-hydroxylation sites is 1. The van der Waals surface area contributed by atoms with E-state index >= 15 is 0 Å². The molecule has 0 saturated heterocycles. The van der Waals surface area contributed by atoms with Crippen LogP contribution in [0.5, 0.6) is 5.75 Å². The number of benzene rings is 3. The first-order chi connectivity index (χ1) is 17.7. The SMILES string of the molecule is CC1=NN(c2ccc(C(F)(F)F)cc2)C(=O)C1N=Nc1cccc(-c2cccc(C3N=NN=N3)c2)c1O. The van der Waals surface area contributed by atoms with Crippen molar-refractivity contribution in [2.24, 2.45) is 36.0 Å². The highest BCUT2D eigenvalue weighted by molar-refractivity contribution is 6.18. The lowest BCUT2D eigenvalue weighted by Crippen LogP contribution is -2.29. The second-order valence-corrected chi connectivity index (χ2v) is 8.14. The van der Waals surface area contributed by atoms with E-state index in [0.29, 0.717) is 16.8 Å². The summed E-state index contributed by atoms with van der Waals surface area (Å²) in [6.07, 6.45) is -5.04. The molecule has 0 spiro atoms. The van der Waals surface area contributed by atoms with Crippen LogP contribution >= 0.6 is 0 Å². The van der Waals surface area contributed by atoms with Gasteiger partial charge in [0.2, 0.25) is 6.17 Å². The maximum absolute atomic E-state index is 12.9. The van der Waals surface area contributed by atoms with Gasteiger partial charge in [-0.2, -0.15) is 33.5 Å². The predicted molar refractivity (Wildman–Crippen MR) is 126 cm³/mol. The van der Waals surface area contributed by atoms with Gasteiger partial charge in [0.25, 0.3) is 5.91 Å². The average molecular weight is 506 g/mol. The maximum atomic E-state index is 12.9. The van der Waals surface area contributed by atoms with E-state index in [1.165, 1.54) is 6.07 Å². The van der Waals surface area contributed by atoms with Crippen molar-refractivity contribution in [3.63, 3.8) is 0 Å². The maximum Gasteiger partial charge on any atom is 0.416 e. The Bertz CT molecular complexity index is 1470. The monoisotopic (exact) mass is 506 g/mol. The summed E-state index contributed by atoms with van der Waals surface area (Å²) in [4.78, 5) is 12.9. The first kappa shape index (κ1) is 23.9. The van der Waals surface area contributed by atoms with E-state index in [4.69, 9.17) is 0 Å². The third-order valence-corrected chi connectivity index (χ3v) is 5.69. The van der Waals surface area contributed by atoms with Crippen LogP contribution in [-0.2, 0) is 11.0 Å². The van der Waals surface area contributed by atoms with Crippen molar-refractivity contribution < 1.29 is 23.1 Å². The minimum Gasteiger partial charge on any atom is -0.505 e. The molecule has 2 aliphatic rings. The Kier molecular flexibility index (Phi) is 6.03. The third-order valence-electron chi connectivity index (χ3n) is 5.69. The lowest BCUT2D eigenvalue weighted by molar-refractivity contribution is -0.137. The number of azo groups is 1. The number of phenolic OH excluding ortho intramolecular Hbond substituents is 1. The number of hydrogen-bond donors (Lipinski definition) is 1. The normalized spacial score (nSPS) is 17.8. The summed E-state index contributed by atoms with van der Waals surface area (Å²) in [6.45, 7) is 1.56. The molecule has 0 fully saturated rings. The molecule has 186 valence electrons. The number of amides is 1. The van der Waals surface area contributed by atoms with Crippen LogP contribution in [0.25, 0.3) is 11.1 Å². The molecule has 0 aromatic heterocycles. The summed E-state index contributed by atoms with van der Waals surface area (Å²) < 4.78 is 38.5. The molecule has 0 bridgehead atoms. The molecule has 1 unspecified atom stereocenters. The van der Waals surface area contributed by atoms with Gasteiger partial charge in [0.05, 0.1) is 17.0 Å². The van der Waals surface area contributed by atoms with Crippen LogP contribution in [0.1, 0.15) is 24.2 Å². The Morgan fingerprint density at radius 2 is 1.68 bits per heavy atom. The quantitative estimate of drug-likeness (QED) is 0.383. The summed E-state index contributed by atoms with van der Waals surface area (Å²) in [7, 11) is 0. The zero-order valence-electron chi connectivity index (χ0n) is 19.1. The van der Waals surface area contributed by atoms with Crippen molar-refractivity contribution in [1.29, 1.82) is 0 Å². The van der Waals surface area contributed by atoms with Crippen molar-refractivity contribution in [2.45, 2.75) is 25.3 Å². The molecule has 13 heteroatoms. The van der Waals surface area contributed by atoms with Crippen LogP contribution in [0.4, 0.5) is 24.5 Å². The zero-order chi connectivity index (χ0) is 26.2. The number of aromatic hydroxyl groups is 1. The molecule has 3 aromatic rings. The largest absolute Gasteiger partial charge is 0.505 e. The summed E-state index contributed by atoms with van der Waals surface area (Å²) >= 11 is 0. The summed E-state index contributed by atoms with van der Waals surface area (Å²) in [5.74, 6) is -0.734. The fourth-order valence-corrected chi connectivity index (χ4v) is 3.80.